The summed E-state index contributed by atoms with van der Waals surface area (Å²) in [5.41, 5.74) is 6.31. The first-order valence-corrected chi connectivity index (χ1v) is 11.9. The third-order valence-corrected chi connectivity index (χ3v) is 7.73. The number of urea groups is 1. The number of aromatic nitrogens is 5. The number of hydrogen-bond donors (Lipinski definition) is 1. The molecule has 2 aliphatic rings. The van der Waals surface area contributed by atoms with Crippen LogP contribution in [0.5, 0.6) is 0 Å². The number of fused-ring (bicyclic) bond motifs is 3. The van der Waals surface area contributed by atoms with Gasteiger partial charge in [-0.25, -0.2) is 4.79 Å². The van der Waals surface area contributed by atoms with Gasteiger partial charge in [0.25, 0.3) is 0 Å². The lowest BCUT2D eigenvalue weighted by Crippen LogP contribution is -2.41. The van der Waals surface area contributed by atoms with Gasteiger partial charge in [-0.05, 0) is 44.9 Å². The Kier molecular flexibility index (Phi) is 4.72. The Morgan fingerprint density at radius 2 is 1.97 bits per heavy atom. The van der Waals surface area contributed by atoms with Crippen molar-refractivity contribution in [2.24, 2.45) is 7.05 Å². The average molecular weight is 456 g/mol. The van der Waals surface area contributed by atoms with Crippen LogP contribution in [0.25, 0.3) is 22.2 Å². The number of likely N-dealkylation sites (tertiary alicyclic amines) is 1. The number of carbonyl (C=O) groups excluding carboxylic acids is 1. The molecule has 8 heteroatoms. The minimum atomic E-state index is -0.0844. The number of nitrogens with zero attached hydrogens (tertiary/aromatic N) is 6. The molecule has 2 atom stereocenters. The van der Waals surface area contributed by atoms with Crippen molar-refractivity contribution in [1.29, 1.82) is 0 Å². The van der Waals surface area contributed by atoms with Gasteiger partial charge < -0.3 is 10.2 Å². The van der Waals surface area contributed by atoms with E-state index >= 15 is 0 Å². The van der Waals surface area contributed by atoms with Crippen molar-refractivity contribution in [2.45, 2.75) is 44.7 Å². The molecule has 1 N–H and O–H groups in total. The summed E-state index contributed by atoms with van der Waals surface area (Å²) < 4.78 is 3.97. The number of hydrogen-bond acceptors (Lipinski definition) is 4. The molecule has 0 aliphatic carbocycles. The van der Waals surface area contributed by atoms with E-state index in [2.05, 4.69) is 38.3 Å². The van der Waals surface area contributed by atoms with Crippen LogP contribution in [0.3, 0.4) is 0 Å². The lowest BCUT2D eigenvalue weighted by molar-refractivity contribution is 0.202. The van der Waals surface area contributed by atoms with Crippen molar-refractivity contribution < 1.29 is 4.79 Å². The Balaban J connectivity index is 1.20. The fraction of sp³-hybridized carbons (Fsp3) is 0.385. The summed E-state index contributed by atoms with van der Waals surface area (Å²) >= 11 is 0. The molecule has 1 spiro atoms. The van der Waals surface area contributed by atoms with Crippen molar-refractivity contribution in [3.8, 4) is 11.3 Å². The van der Waals surface area contributed by atoms with E-state index in [9.17, 15) is 4.79 Å². The zero-order chi connectivity index (χ0) is 23.4. The molecule has 3 aromatic heterocycles. The van der Waals surface area contributed by atoms with E-state index in [1.165, 1.54) is 5.69 Å². The van der Waals surface area contributed by atoms with Gasteiger partial charge in [0.15, 0.2) is 0 Å². The molecule has 0 saturated carbocycles. The summed E-state index contributed by atoms with van der Waals surface area (Å²) in [6, 6.07) is 12.4. The molecule has 2 unspecified atom stereocenters. The number of carbonyl (C=O) groups is 1. The van der Waals surface area contributed by atoms with Crippen LogP contribution in [-0.4, -0.2) is 48.6 Å². The molecule has 4 aromatic rings. The quantitative estimate of drug-likeness (QED) is 0.507. The topological polar surface area (TPSA) is 80.9 Å². The first kappa shape index (κ1) is 20.9. The minimum Gasteiger partial charge on any atom is -0.331 e. The predicted molar refractivity (Wildman–Crippen MR) is 130 cm³/mol. The van der Waals surface area contributed by atoms with Gasteiger partial charge in [-0.2, -0.15) is 10.2 Å². The van der Waals surface area contributed by atoms with Gasteiger partial charge in [0, 0.05) is 66.2 Å². The Labute approximate surface area is 198 Å². The summed E-state index contributed by atoms with van der Waals surface area (Å²) in [4.78, 5) is 19.7. The van der Waals surface area contributed by atoms with Gasteiger partial charge in [0.1, 0.15) is 0 Å². The van der Waals surface area contributed by atoms with Gasteiger partial charge in [-0.3, -0.25) is 14.3 Å². The molecule has 34 heavy (non-hydrogen) atoms. The third kappa shape index (κ3) is 3.28. The predicted octanol–water partition coefficient (Wildman–Crippen LogP) is 3.96. The number of para-hydroxylation sites is 1. The highest BCUT2D eigenvalue weighted by molar-refractivity contribution is 5.83. The number of aryl methyl sites for hydroxylation is 2. The van der Waals surface area contributed by atoms with Crippen molar-refractivity contribution in [3.05, 3.63) is 65.7 Å². The maximum atomic E-state index is 13.1. The lowest BCUT2D eigenvalue weighted by Gasteiger charge is -2.25. The zero-order valence-electron chi connectivity index (χ0n) is 19.8. The van der Waals surface area contributed by atoms with E-state index in [-0.39, 0.29) is 17.5 Å². The normalized spacial score (nSPS) is 20.3. The maximum Gasteiger partial charge on any atom is 0.317 e. The number of rotatable bonds is 3. The summed E-state index contributed by atoms with van der Waals surface area (Å²) in [6.45, 7) is 6.40. The number of amides is 2. The summed E-state index contributed by atoms with van der Waals surface area (Å²) in [7, 11) is 1.92. The third-order valence-electron chi connectivity index (χ3n) is 7.73. The Hall–Kier alpha value is -3.68. The van der Waals surface area contributed by atoms with E-state index in [4.69, 9.17) is 5.10 Å². The van der Waals surface area contributed by atoms with Gasteiger partial charge >= 0.3 is 6.03 Å². The second-order valence-electron chi connectivity index (χ2n) is 9.74. The van der Waals surface area contributed by atoms with E-state index in [0.717, 1.165) is 65.9 Å². The smallest absolute Gasteiger partial charge is 0.317 e. The molecular weight excluding hydrogens is 426 g/mol. The molecule has 2 aliphatic heterocycles. The highest BCUT2D eigenvalue weighted by atomic mass is 16.2. The summed E-state index contributed by atoms with van der Waals surface area (Å²) in [5.74, 6) is 0. The van der Waals surface area contributed by atoms with Crippen LogP contribution in [0.1, 0.15) is 42.8 Å². The molecule has 1 saturated heterocycles. The van der Waals surface area contributed by atoms with E-state index in [1.54, 1.807) is 0 Å². The Morgan fingerprint density at radius 3 is 2.79 bits per heavy atom. The van der Waals surface area contributed by atoms with E-state index in [0.29, 0.717) is 0 Å². The van der Waals surface area contributed by atoms with Crippen LogP contribution in [0.4, 0.5) is 4.79 Å². The SMILES string of the molecule is Cc1c(C(C)NC(=O)N2CCC3(CCn4nc(-c5cnc6ccccc6c5)cc43)C2)cnn1C. The molecule has 174 valence electrons. The molecule has 0 bridgehead atoms. The molecule has 5 heterocycles. The summed E-state index contributed by atoms with van der Waals surface area (Å²) in [6.07, 6.45) is 5.72. The van der Waals surface area contributed by atoms with Crippen LogP contribution in [0.2, 0.25) is 0 Å². The molecular formula is C26H29N7O. The van der Waals surface area contributed by atoms with Crippen LogP contribution < -0.4 is 5.32 Å². The first-order valence-electron chi connectivity index (χ1n) is 11.9. The van der Waals surface area contributed by atoms with Crippen molar-refractivity contribution >= 4 is 16.9 Å². The van der Waals surface area contributed by atoms with Crippen LogP contribution in [0.15, 0.2) is 48.8 Å². The van der Waals surface area contributed by atoms with E-state index < -0.39 is 0 Å². The molecule has 6 rings (SSSR count). The fourth-order valence-electron chi connectivity index (χ4n) is 5.57. The second kappa shape index (κ2) is 7.68. The van der Waals surface area contributed by atoms with Crippen molar-refractivity contribution in [2.75, 3.05) is 13.1 Å². The highest BCUT2D eigenvalue weighted by Gasteiger charge is 2.47. The lowest BCUT2D eigenvalue weighted by atomic mass is 9.82. The summed E-state index contributed by atoms with van der Waals surface area (Å²) in [5, 5.41) is 13.5. The number of pyridine rings is 1. The number of benzene rings is 1. The average Bonchev–Trinajstić information content (AvgIpc) is 3.60. The minimum absolute atomic E-state index is 0.00968. The molecule has 1 aromatic carbocycles. The Bertz CT molecular complexity index is 1400. The highest BCUT2D eigenvalue weighted by Crippen LogP contribution is 2.44. The van der Waals surface area contributed by atoms with Gasteiger partial charge in [-0.15, -0.1) is 0 Å². The van der Waals surface area contributed by atoms with E-state index in [1.807, 2.05) is 61.1 Å². The second-order valence-corrected chi connectivity index (χ2v) is 9.74. The first-order chi connectivity index (χ1) is 16.4. The maximum absolute atomic E-state index is 13.1. The van der Waals surface area contributed by atoms with Crippen molar-refractivity contribution in [1.82, 2.24) is 34.8 Å². The molecule has 1 fully saturated rings. The van der Waals surface area contributed by atoms with Crippen LogP contribution in [-0.2, 0) is 19.0 Å². The fourth-order valence-corrected chi connectivity index (χ4v) is 5.57. The van der Waals surface area contributed by atoms with Crippen LogP contribution in [0, 0.1) is 6.92 Å². The standard InChI is InChI=1S/C26H29N7O/c1-17(21-15-28-31(3)18(21)2)29-25(34)32-10-8-26(16-32)9-11-33-24(26)13-23(30-33)20-12-19-6-4-5-7-22(19)27-14-20/h4-7,12-15,17H,8-11,16H2,1-3H3,(H,29,34). The molecule has 8 nitrogen and oxygen atoms in total. The van der Waals surface area contributed by atoms with Gasteiger partial charge in [0.05, 0.1) is 23.4 Å². The molecule has 2 amide bonds. The Morgan fingerprint density at radius 1 is 1.15 bits per heavy atom. The molecule has 0 radical (unpaired) electrons. The largest absolute Gasteiger partial charge is 0.331 e. The zero-order valence-corrected chi connectivity index (χ0v) is 19.8. The van der Waals surface area contributed by atoms with Crippen LogP contribution >= 0.6 is 0 Å². The van der Waals surface area contributed by atoms with Gasteiger partial charge in [-0.1, -0.05) is 18.2 Å². The van der Waals surface area contributed by atoms with Gasteiger partial charge in [0.2, 0.25) is 0 Å². The monoisotopic (exact) mass is 455 g/mol. The number of nitrogens with one attached hydrogen (secondary N) is 1. The van der Waals surface area contributed by atoms with Crippen molar-refractivity contribution in [3.63, 3.8) is 0 Å².